The van der Waals surface area contributed by atoms with Gasteiger partial charge in [-0.05, 0) is 49.8 Å². The molecule has 3 rings (SSSR count). The lowest BCUT2D eigenvalue weighted by Crippen LogP contribution is -2.38. The molecule has 4 nitrogen and oxygen atoms in total. The average molecular weight is 408 g/mol. The summed E-state index contributed by atoms with van der Waals surface area (Å²) in [7, 11) is 0. The summed E-state index contributed by atoms with van der Waals surface area (Å²) in [5.41, 5.74) is 2.12. The van der Waals surface area contributed by atoms with E-state index in [0.29, 0.717) is 15.8 Å². The molecule has 7 heteroatoms. The molecule has 0 saturated carbocycles. The monoisotopic (exact) mass is 407 g/mol. The van der Waals surface area contributed by atoms with Crippen LogP contribution in [0.5, 0.6) is 0 Å². The van der Waals surface area contributed by atoms with Crippen LogP contribution in [0.25, 0.3) is 10.2 Å². The Bertz CT molecular complexity index is 901. The number of benzene rings is 1. The van der Waals surface area contributed by atoms with Crippen molar-refractivity contribution in [2.75, 3.05) is 31.1 Å². The van der Waals surface area contributed by atoms with Gasteiger partial charge in [0.05, 0.1) is 19.4 Å². The molecular weight excluding hydrogens is 386 g/mol. The Kier molecular flexibility index (Phi) is 6.29. The molecule has 2 aromatic heterocycles. The van der Waals surface area contributed by atoms with Gasteiger partial charge in [-0.3, -0.25) is 9.69 Å². The molecule has 138 valence electrons. The standard InChI is InChI=1S/C19H22ClN3OS2/c1-4-22(5-2)10-11-23(18(24)15-8-9-17(20)25-15)19-21-14-7-6-13(3)12-16(14)26-19/h6-9,12H,4-5,10-11H2,1-3H3. The summed E-state index contributed by atoms with van der Waals surface area (Å²) in [6.45, 7) is 9.67. The van der Waals surface area contributed by atoms with Crippen LogP contribution in [0, 0.1) is 6.92 Å². The fourth-order valence-corrected chi connectivity index (χ4v) is 4.84. The normalized spacial score (nSPS) is 11.4. The van der Waals surface area contributed by atoms with Gasteiger partial charge in [0.2, 0.25) is 0 Å². The molecule has 0 radical (unpaired) electrons. The number of likely N-dealkylation sites (N-methyl/N-ethyl adjacent to an activating group) is 1. The largest absolute Gasteiger partial charge is 0.302 e. The SMILES string of the molecule is CCN(CC)CCN(C(=O)c1ccc(Cl)s1)c1nc2ccc(C)cc2s1. The molecule has 0 aliphatic heterocycles. The van der Waals surface area contributed by atoms with E-state index in [4.69, 9.17) is 16.6 Å². The maximum Gasteiger partial charge on any atom is 0.270 e. The van der Waals surface area contributed by atoms with Crippen molar-refractivity contribution >= 4 is 55.5 Å². The van der Waals surface area contributed by atoms with Crippen molar-refractivity contribution in [3.63, 3.8) is 0 Å². The van der Waals surface area contributed by atoms with Crippen LogP contribution in [0.1, 0.15) is 29.1 Å². The number of hydrogen-bond acceptors (Lipinski definition) is 5. The van der Waals surface area contributed by atoms with E-state index in [1.807, 2.05) is 12.1 Å². The molecule has 0 bridgehead atoms. The Balaban J connectivity index is 1.93. The number of hydrogen-bond donors (Lipinski definition) is 0. The Morgan fingerprint density at radius 2 is 1.88 bits per heavy atom. The first-order valence-electron chi connectivity index (χ1n) is 8.68. The Morgan fingerprint density at radius 3 is 2.54 bits per heavy atom. The summed E-state index contributed by atoms with van der Waals surface area (Å²) in [4.78, 5) is 22.6. The first-order valence-corrected chi connectivity index (χ1v) is 10.7. The highest BCUT2D eigenvalue weighted by molar-refractivity contribution is 7.22. The molecule has 2 heterocycles. The lowest BCUT2D eigenvalue weighted by atomic mass is 10.2. The second-order valence-electron chi connectivity index (χ2n) is 6.06. The minimum absolute atomic E-state index is 0.0372. The Hall–Kier alpha value is -1.47. The number of carbonyl (C=O) groups is 1. The van der Waals surface area contributed by atoms with Crippen LogP contribution in [-0.2, 0) is 0 Å². The van der Waals surface area contributed by atoms with Gasteiger partial charge in [-0.15, -0.1) is 11.3 Å². The number of rotatable bonds is 7. The molecule has 1 aromatic carbocycles. The van der Waals surface area contributed by atoms with Crippen molar-refractivity contribution in [3.05, 3.63) is 45.1 Å². The van der Waals surface area contributed by atoms with E-state index in [0.717, 1.165) is 35.0 Å². The van der Waals surface area contributed by atoms with E-state index in [-0.39, 0.29) is 5.91 Å². The number of aromatic nitrogens is 1. The zero-order valence-corrected chi connectivity index (χ0v) is 17.5. The predicted molar refractivity (Wildman–Crippen MR) is 113 cm³/mol. The van der Waals surface area contributed by atoms with Gasteiger partial charge in [0.25, 0.3) is 5.91 Å². The van der Waals surface area contributed by atoms with Gasteiger partial charge in [-0.1, -0.05) is 42.9 Å². The van der Waals surface area contributed by atoms with Crippen molar-refractivity contribution in [2.24, 2.45) is 0 Å². The van der Waals surface area contributed by atoms with E-state index in [1.54, 1.807) is 28.4 Å². The summed E-state index contributed by atoms with van der Waals surface area (Å²) in [6.07, 6.45) is 0. The first-order chi connectivity index (χ1) is 12.5. The van der Waals surface area contributed by atoms with Crippen molar-refractivity contribution in [2.45, 2.75) is 20.8 Å². The van der Waals surface area contributed by atoms with Crippen molar-refractivity contribution in [3.8, 4) is 0 Å². The molecule has 1 amide bonds. The van der Waals surface area contributed by atoms with Crippen LogP contribution >= 0.6 is 34.3 Å². The van der Waals surface area contributed by atoms with Crippen LogP contribution < -0.4 is 4.90 Å². The summed E-state index contributed by atoms with van der Waals surface area (Å²) < 4.78 is 1.72. The third-order valence-electron chi connectivity index (χ3n) is 4.33. The third-order valence-corrected chi connectivity index (χ3v) is 6.59. The number of fused-ring (bicyclic) bond motifs is 1. The highest BCUT2D eigenvalue weighted by atomic mass is 35.5. The first kappa shape index (κ1) is 19.3. The molecule has 0 atom stereocenters. The van der Waals surface area contributed by atoms with Crippen molar-refractivity contribution < 1.29 is 4.79 Å². The lowest BCUT2D eigenvalue weighted by molar-refractivity contribution is 0.0987. The number of thiazole rings is 1. The van der Waals surface area contributed by atoms with Gasteiger partial charge >= 0.3 is 0 Å². The second kappa shape index (κ2) is 8.48. The summed E-state index contributed by atoms with van der Waals surface area (Å²) >= 11 is 8.91. The summed E-state index contributed by atoms with van der Waals surface area (Å²) in [5.74, 6) is -0.0372. The van der Waals surface area contributed by atoms with Gasteiger partial charge < -0.3 is 4.90 Å². The second-order valence-corrected chi connectivity index (χ2v) is 8.78. The Labute approximate surface area is 167 Å². The molecule has 0 unspecified atom stereocenters. The molecular formula is C19H22ClN3OS2. The minimum atomic E-state index is -0.0372. The number of amides is 1. The topological polar surface area (TPSA) is 36.4 Å². The number of anilines is 1. The molecule has 0 saturated heterocycles. The van der Waals surface area contributed by atoms with Crippen LogP contribution in [0.15, 0.2) is 30.3 Å². The van der Waals surface area contributed by atoms with E-state index in [9.17, 15) is 4.79 Å². The Morgan fingerprint density at radius 1 is 1.12 bits per heavy atom. The lowest BCUT2D eigenvalue weighted by Gasteiger charge is -2.24. The fraction of sp³-hybridized carbons (Fsp3) is 0.368. The van der Waals surface area contributed by atoms with E-state index < -0.39 is 0 Å². The van der Waals surface area contributed by atoms with Gasteiger partial charge in [-0.25, -0.2) is 4.98 Å². The van der Waals surface area contributed by atoms with Crippen LogP contribution in [0.3, 0.4) is 0 Å². The zero-order chi connectivity index (χ0) is 18.7. The summed E-state index contributed by atoms with van der Waals surface area (Å²) in [5, 5.41) is 0.743. The van der Waals surface area contributed by atoms with Gasteiger partial charge in [0.1, 0.15) is 0 Å². The molecule has 0 spiro atoms. The predicted octanol–water partition coefficient (Wildman–Crippen LogP) is 5.31. The van der Waals surface area contributed by atoms with E-state index >= 15 is 0 Å². The number of carbonyl (C=O) groups excluding carboxylic acids is 1. The van der Waals surface area contributed by atoms with Crippen molar-refractivity contribution in [1.29, 1.82) is 0 Å². The van der Waals surface area contributed by atoms with Crippen LogP contribution in [-0.4, -0.2) is 42.0 Å². The molecule has 3 aromatic rings. The van der Waals surface area contributed by atoms with E-state index in [1.165, 1.54) is 16.9 Å². The number of aryl methyl sites for hydroxylation is 1. The molecule has 26 heavy (non-hydrogen) atoms. The molecule has 0 aliphatic rings. The quantitative estimate of drug-likeness (QED) is 0.532. The maximum atomic E-state index is 13.1. The summed E-state index contributed by atoms with van der Waals surface area (Å²) in [6, 6.07) is 9.74. The van der Waals surface area contributed by atoms with E-state index in [2.05, 4.69) is 31.7 Å². The van der Waals surface area contributed by atoms with Crippen LogP contribution in [0.4, 0.5) is 5.13 Å². The van der Waals surface area contributed by atoms with Gasteiger partial charge in [-0.2, -0.15) is 0 Å². The highest BCUT2D eigenvalue weighted by Crippen LogP contribution is 2.31. The number of nitrogens with zero attached hydrogens (tertiary/aromatic N) is 3. The molecule has 0 fully saturated rings. The third kappa shape index (κ3) is 4.26. The number of thiophene rings is 1. The van der Waals surface area contributed by atoms with Gasteiger partial charge in [0.15, 0.2) is 5.13 Å². The fourth-order valence-electron chi connectivity index (χ4n) is 2.76. The van der Waals surface area contributed by atoms with Crippen molar-refractivity contribution in [1.82, 2.24) is 9.88 Å². The zero-order valence-electron chi connectivity index (χ0n) is 15.2. The maximum absolute atomic E-state index is 13.1. The minimum Gasteiger partial charge on any atom is -0.302 e. The smallest absolute Gasteiger partial charge is 0.270 e. The van der Waals surface area contributed by atoms with Crippen LogP contribution in [0.2, 0.25) is 4.34 Å². The number of halogens is 1. The van der Waals surface area contributed by atoms with Gasteiger partial charge in [0, 0.05) is 13.1 Å². The average Bonchev–Trinajstić information content (AvgIpc) is 3.24. The highest BCUT2D eigenvalue weighted by Gasteiger charge is 2.23. The molecule has 0 N–H and O–H groups in total. The molecule has 0 aliphatic carbocycles.